The van der Waals surface area contributed by atoms with Gasteiger partial charge in [0.1, 0.15) is 10.7 Å². The lowest BCUT2D eigenvalue weighted by Crippen LogP contribution is -2.09. The third kappa shape index (κ3) is 3.26. The van der Waals surface area contributed by atoms with E-state index >= 15 is 0 Å². The van der Waals surface area contributed by atoms with Crippen molar-refractivity contribution in [3.63, 3.8) is 0 Å². The van der Waals surface area contributed by atoms with E-state index in [1.807, 2.05) is 0 Å². The Morgan fingerprint density at radius 1 is 1.20 bits per heavy atom. The molecule has 0 heterocycles. The highest BCUT2D eigenvalue weighted by atomic mass is 79.9. The number of thiocarbonyl (C=S) groups is 1. The molecular formula is C13H7BrClF2NOS. The molecule has 0 aliphatic rings. The zero-order valence-corrected chi connectivity index (χ0v) is 13.0. The zero-order valence-electron chi connectivity index (χ0n) is 9.79. The van der Waals surface area contributed by atoms with Crippen LogP contribution in [-0.4, -0.2) is 4.99 Å². The van der Waals surface area contributed by atoms with Crippen LogP contribution in [0, 0.1) is 11.6 Å². The van der Waals surface area contributed by atoms with Gasteiger partial charge in [-0.2, -0.15) is 4.39 Å². The molecule has 2 aromatic carbocycles. The number of hydrogen-bond acceptors (Lipinski definition) is 2. The van der Waals surface area contributed by atoms with E-state index in [-0.39, 0.29) is 21.5 Å². The molecule has 0 saturated carbocycles. The van der Waals surface area contributed by atoms with Gasteiger partial charge in [0.15, 0.2) is 11.6 Å². The monoisotopic (exact) mass is 377 g/mol. The van der Waals surface area contributed by atoms with E-state index in [9.17, 15) is 8.78 Å². The minimum Gasteiger partial charge on any atom is -0.453 e. The van der Waals surface area contributed by atoms with Gasteiger partial charge in [-0.15, -0.1) is 0 Å². The second-order valence-electron chi connectivity index (χ2n) is 3.81. The molecule has 0 radical (unpaired) electrons. The molecule has 7 heteroatoms. The molecule has 0 atom stereocenters. The van der Waals surface area contributed by atoms with Crippen LogP contribution in [0.2, 0.25) is 5.02 Å². The highest BCUT2D eigenvalue weighted by molar-refractivity contribution is 9.10. The van der Waals surface area contributed by atoms with Gasteiger partial charge in [0.05, 0.1) is 5.02 Å². The van der Waals surface area contributed by atoms with Crippen molar-refractivity contribution in [1.82, 2.24) is 0 Å². The van der Waals surface area contributed by atoms with Crippen molar-refractivity contribution in [2.45, 2.75) is 0 Å². The summed E-state index contributed by atoms with van der Waals surface area (Å²) in [5.41, 5.74) is 6.02. The summed E-state index contributed by atoms with van der Waals surface area (Å²) in [5, 5.41) is 0.190. The Labute approximate surface area is 132 Å². The molecule has 0 spiro atoms. The number of halogens is 4. The molecule has 0 saturated heterocycles. The van der Waals surface area contributed by atoms with Gasteiger partial charge >= 0.3 is 0 Å². The van der Waals surface area contributed by atoms with Crippen LogP contribution in [0.5, 0.6) is 11.5 Å². The smallest absolute Gasteiger partial charge is 0.201 e. The van der Waals surface area contributed by atoms with Crippen LogP contribution in [0.3, 0.4) is 0 Å². The summed E-state index contributed by atoms with van der Waals surface area (Å²) in [6.07, 6.45) is 0. The van der Waals surface area contributed by atoms with Crippen LogP contribution in [0.1, 0.15) is 5.56 Å². The first-order valence-corrected chi connectivity index (χ1v) is 6.88. The van der Waals surface area contributed by atoms with Crippen molar-refractivity contribution >= 4 is 44.7 Å². The largest absolute Gasteiger partial charge is 0.453 e. The Hall–Kier alpha value is -1.24. The maximum absolute atomic E-state index is 13.6. The summed E-state index contributed by atoms with van der Waals surface area (Å²) < 4.78 is 32.5. The first kappa shape index (κ1) is 15.2. The standard InChI is InChI=1S/C13H7BrClF2NOS/c14-7-4-9(16)12(17)11(5-7)19-10-2-1-6(13(18)20)3-8(10)15/h1-5H,(H2,18,20). The number of hydrogen-bond donors (Lipinski definition) is 1. The van der Waals surface area contributed by atoms with E-state index < -0.39 is 11.6 Å². The number of nitrogens with two attached hydrogens (primary N) is 1. The zero-order chi connectivity index (χ0) is 14.9. The molecule has 0 bridgehead atoms. The highest BCUT2D eigenvalue weighted by Gasteiger charge is 2.14. The number of ether oxygens (including phenoxy) is 1. The summed E-state index contributed by atoms with van der Waals surface area (Å²) in [6, 6.07) is 6.85. The summed E-state index contributed by atoms with van der Waals surface area (Å²) in [4.78, 5) is 0.179. The maximum atomic E-state index is 13.6. The van der Waals surface area contributed by atoms with Gasteiger partial charge in [0.25, 0.3) is 0 Å². The number of benzene rings is 2. The van der Waals surface area contributed by atoms with Gasteiger partial charge in [-0.05, 0) is 30.3 Å². The van der Waals surface area contributed by atoms with Crippen molar-refractivity contribution < 1.29 is 13.5 Å². The van der Waals surface area contributed by atoms with E-state index in [4.69, 9.17) is 34.3 Å². The second kappa shape index (κ2) is 6.03. The van der Waals surface area contributed by atoms with Crippen molar-refractivity contribution in [3.05, 3.63) is 57.0 Å². The van der Waals surface area contributed by atoms with Crippen LogP contribution >= 0.6 is 39.7 Å². The molecule has 2 rings (SSSR count). The fraction of sp³-hybridized carbons (Fsp3) is 0. The molecule has 0 unspecified atom stereocenters. The average Bonchev–Trinajstić information content (AvgIpc) is 2.37. The molecule has 2 N–H and O–H groups in total. The molecule has 0 fully saturated rings. The predicted octanol–water partition coefficient (Wildman–Crippen LogP) is 4.81. The molecule has 0 aromatic heterocycles. The topological polar surface area (TPSA) is 35.2 Å². The third-order valence-corrected chi connectivity index (χ3v) is 3.38. The van der Waals surface area contributed by atoms with Crippen molar-refractivity contribution in [1.29, 1.82) is 0 Å². The second-order valence-corrected chi connectivity index (χ2v) is 5.57. The lowest BCUT2D eigenvalue weighted by molar-refractivity contribution is 0.415. The van der Waals surface area contributed by atoms with E-state index in [1.165, 1.54) is 18.2 Å². The Balaban J connectivity index is 2.38. The Morgan fingerprint density at radius 3 is 2.50 bits per heavy atom. The Bertz CT molecular complexity index is 696. The van der Waals surface area contributed by atoms with Crippen LogP contribution in [0.15, 0.2) is 34.8 Å². The molecule has 2 aromatic rings. The van der Waals surface area contributed by atoms with Gasteiger partial charge in [-0.3, -0.25) is 0 Å². The van der Waals surface area contributed by atoms with Gasteiger partial charge < -0.3 is 10.5 Å². The average molecular weight is 379 g/mol. The first-order valence-electron chi connectivity index (χ1n) is 5.30. The quantitative estimate of drug-likeness (QED) is 0.615. The van der Waals surface area contributed by atoms with Gasteiger partial charge in [0.2, 0.25) is 5.82 Å². The highest BCUT2D eigenvalue weighted by Crippen LogP contribution is 2.33. The van der Waals surface area contributed by atoms with Crippen LogP contribution < -0.4 is 10.5 Å². The van der Waals surface area contributed by atoms with E-state index in [0.29, 0.717) is 10.0 Å². The van der Waals surface area contributed by atoms with Crippen LogP contribution in [0.4, 0.5) is 8.78 Å². The number of rotatable bonds is 3. The van der Waals surface area contributed by atoms with Crippen molar-refractivity contribution in [2.24, 2.45) is 5.73 Å². The van der Waals surface area contributed by atoms with Crippen molar-refractivity contribution in [2.75, 3.05) is 0 Å². The van der Waals surface area contributed by atoms with E-state index in [1.54, 1.807) is 6.07 Å². The molecule has 104 valence electrons. The van der Waals surface area contributed by atoms with Gasteiger partial charge in [-0.25, -0.2) is 4.39 Å². The van der Waals surface area contributed by atoms with Gasteiger partial charge in [-0.1, -0.05) is 39.7 Å². The fourth-order valence-corrected chi connectivity index (χ4v) is 2.22. The first-order chi connectivity index (χ1) is 9.38. The van der Waals surface area contributed by atoms with E-state index in [0.717, 1.165) is 6.07 Å². The summed E-state index contributed by atoms with van der Waals surface area (Å²) in [6.45, 7) is 0. The Morgan fingerprint density at radius 2 is 1.90 bits per heavy atom. The molecular weight excluding hydrogens is 372 g/mol. The fourth-order valence-electron chi connectivity index (χ4n) is 1.46. The third-order valence-electron chi connectivity index (χ3n) is 2.40. The maximum Gasteiger partial charge on any atom is 0.201 e. The normalized spacial score (nSPS) is 10.4. The van der Waals surface area contributed by atoms with E-state index in [2.05, 4.69) is 15.9 Å². The molecule has 20 heavy (non-hydrogen) atoms. The minimum absolute atomic E-state index is 0.170. The van der Waals surface area contributed by atoms with Crippen molar-refractivity contribution in [3.8, 4) is 11.5 Å². The summed E-state index contributed by atoms with van der Waals surface area (Å²) >= 11 is 13.9. The van der Waals surface area contributed by atoms with Crippen LogP contribution in [-0.2, 0) is 0 Å². The molecule has 2 nitrogen and oxygen atoms in total. The minimum atomic E-state index is -1.09. The predicted molar refractivity (Wildman–Crippen MR) is 81.5 cm³/mol. The lowest BCUT2D eigenvalue weighted by atomic mass is 10.2. The molecule has 0 aliphatic heterocycles. The molecule has 0 aliphatic carbocycles. The SMILES string of the molecule is NC(=S)c1ccc(Oc2cc(Br)cc(F)c2F)c(Cl)c1. The van der Waals surface area contributed by atoms with Gasteiger partial charge in [0, 0.05) is 10.0 Å². The molecule has 0 amide bonds. The van der Waals surface area contributed by atoms with Crippen LogP contribution in [0.25, 0.3) is 0 Å². The lowest BCUT2D eigenvalue weighted by Gasteiger charge is -2.10. The summed E-state index contributed by atoms with van der Waals surface area (Å²) in [7, 11) is 0. The summed E-state index contributed by atoms with van der Waals surface area (Å²) in [5.74, 6) is -2.22. The Kier molecular flexibility index (Phi) is 4.57.